The van der Waals surface area contributed by atoms with Gasteiger partial charge in [-0.2, -0.15) is 17.5 Å². The van der Waals surface area contributed by atoms with Gasteiger partial charge in [0, 0.05) is 12.1 Å². The lowest BCUT2D eigenvalue weighted by Gasteiger charge is -2.27. The minimum Gasteiger partial charge on any atom is -0.486 e. The molecular formula is C20H19F3N2O6S. The lowest BCUT2D eigenvalue weighted by Crippen LogP contribution is -2.48. The first-order chi connectivity index (χ1) is 14.9. The van der Waals surface area contributed by atoms with Crippen molar-refractivity contribution in [1.29, 1.82) is 0 Å². The molecule has 0 aliphatic carbocycles. The van der Waals surface area contributed by atoms with Gasteiger partial charge in [0.05, 0.1) is 31.2 Å². The number of hydrogen-bond donors (Lipinski definition) is 3. The summed E-state index contributed by atoms with van der Waals surface area (Å²) in [5.74, 6) is 0.245. The van der Waals surface area contributed by atoms with Gasteiger partial charge in [0.2, 0.25) is 15.7 Å². The topological polar surface area (TPSA) is 112 Å². The van der Waals surface area contributed by atoms with E-state index in [1.165, 1.54) is 12.1 Å². The fourth-order valence-corrected chi connectivity index (χ4v) is 4.90. The molecule has 2 aromatic rings. The van der Waals surface area contributed by atoms with Crippen LogP contribution >= 0.6 is 0 Å². The monoisotopic (exact) mass is 472 g/mol. The van der Waals surface area contributed by atoms with Gasteiger partial charge in [0.25, 0.3) is 0 Å². The zero-order valence-corrected chi connectivity index (χ0v) is 17.3. The van der Waals surface area contributed by atoms with Gasteiger partial charge in [0.1, 0.15) is 17.5 Å². The maximum atomic E-state index is 13.1. The molecule has 32 heavy (non-hydrogen) atoms. The third-order valence-electron chi connectivity index (χ3n) is 5.10. The van der Waals surface area contributed by atoms with Crippen LogP contribution in [0.2, 0.25) is 0 Å². The molecular weight excluding hydrogens is 453 g/mol. The van der Waals surface area contributed by atoms with E-state index in [2.05, 4.69) is 4.85 Å². The van der Waals surface area contributed by atoms with Crippen LogP contribution in [0.25, 0.3) is 4.85 Å². The largest absolute Gasteiger partial charge is 0.486 e. The van der Waals surface area contributed by atoms with E-state index in [0.29, 0.717) is 23.8 Å². The first kappa shape index (κ1) is 24.0. The van der Waals surface area contributed by atoms with Crippen molar-refractivity contribution in [3.8, 4) is 5.75 Å². The van der Waals surface area contributed by atoms with E-state index in [4.69, 9.17) is 16.4 Å². The van der Waals surface area contributed by atoms with E-state index in [-0.39, 0.29) is 12.4 Å². The van der Waals surface area contributed by atoms with Gasteiger partial charge in [0.15, 0.2) is 0 Å². The molecule has 0 aromatic heterocycles. The van der Waals surface area contributed by atoms with Crippen LogP contribution in [-0.4, -0.2) is 59.4 Å². The molecule has 1 fully saturated rings. The molecule has 3 N–H and O–H groups in total. The highest BCUT2D eigenvalue weighted by molar-refractivity contribution is 7.89. The number of sulfonamides is 1. The SMILES string of the molecule is [C-]#[N+]c1cc(C(F)(F)F)ccc1S(=O)(=O)N1C[C@H](Oc2ccc(CO)cc2)[C@](O)(CO)C1. The Labute approximate surface area is 182 Å². The number of aliphatic hydroxyl groups excluding tert-OH is 2. The van der Waals surface area contributed by atoms with Crippen molar-refractivity contribution in [3.05, 3.63) is 65.0 Å². The zero-order valence-electron chi connectivity index (χ0n) is 16.5. The summed E-state index contributed by atoms with van der Waals surface area (Å²) in [6, 6.07) is 7.81. The number of halogens is 3. The minimum atomic E-state index is -4.75. The van der Waals surface area contributed by atoms with Crippen LogP contribution < -0.4 is 4.74 Å². The molecule has 0 bridgehead atoms. The van der Waals surface area contributed by atoms with Crippen LogP contribution in [-0.2, 0) is 22.8 Å². The Bertz CT molecular complexity index is 1130. The first-order valence-corrected chi connectivity index (χ1v) is 10.7. The van der Waals surface area contributed by atoms with E-state index < -0.39 is 63.7 Å². The van der Waals surface area contributed by atoms with Crippen LogP contribution in [0.4, 0.5) is 18.9 Å². The van der Waals surface area contributed by atoms with Gasteiger partial charge in [-0.15, -0.1) is 0 Å². The van der Waals surface area contributed by atoms with Crippen molar-refractivity contribution in [3.63, 3.8) is 0 Å². The predicted molar refractivity (Wildman–Crippen MR) is 105 cm³/mol. The zero-order chi connectivity index (χ0) is 23.7. The fraction of sp³-hybridized carbons (Fsp3) is 0.350. The van der Waals surface area contributed by atoms with Crippen LogP contribution in [0.15, 0.2) is 47.4 Å². The average molecular weight is 472 g/mol. The van der Waals surface area contributed by atoms with Gasteiger partial charge in [-0.1, -0.05) is 24.3 Å². The molecule has 0 saturated carbocycles. The molecule has 3 rings (SSSR count). The van der Waals surface area contributed by atoms with Gasteiger partial charge in [-0.25, -0.2) is 13.3 Å². The molecule has 0 radical (unpaired) electrons. The normalized spacial score (nSPS) is 22.0. The summed E-state index contributed by atoms with van der Waals surface area (Å²) >= 11 is 0. The third kappa shape index (κ3) is 4.57. The lowest BCUT2D eigenvalue weighted by atomic mass is 10.0. The molecule has 0 spiro atoms. The quantitative estimate of drug-likeness (QED) is 0.554. The van der Waals surface area contributed by atoms with Crippen molar-refractivity contribution >= 4 is 15.7 Å². The number of benzene rings is 2. The van der Waals surface area contributed by atoms with Gasteiger partial charge >= 0.3 is 6.18 Å². The highest BCUT2D eigenvalue weighted by atomic mass is 32.2. The van der Waals surface area contributed by atoms with Gasteiger partial charge < -0.3 is 20.1 Å². The van der Waals surface area contributed by atoms with Crippen LogP contribution in [0.3, 0.4) is 0 Å². The fourth-order valence-electron chi connectivity index (χ4n) is 3.28. The second-order valence-electron chi connectivity index (χ2n) is 7.26. The van der Waals surface area contributed by atoms with Crippen LogP contribution in [0.5, 0.6) is 5.75 Å². The molecule has 1 aliphatic rings. The van der Waals surface area contributed by atoms with Crippen molar-refractivity contribution in [2.75, 3.05) is 19.7 Å². The third-order valence-corrected chi connectivity index (χ3v) is 6.96. The number of alkyl halides is 3. The first-order valence-electron chi connectivity index (χ1n) is 9.23. The molecule has 0 amide bonds. The number of β-amino-alcohol motifs (C(OH)–C–C–N with tert-alkyl or cyclic N) is 1. The summed E-state index contributed by atoms with van der Waals surface area (Å²) in [7, 11) is -4.49. The highest BCUT2D eigenvalue weighted by Crippen LogP contribution is 2.38. The second-order valence-corrected chi connectivity index (χ2v) is 9.17. The maximum Gasteiger partial charge on any atom is 0.415 e. The van der Waals surface area contributed by atoms with Crippen LogP contribution in [0, 0.1) is 6.57 Å². The Morgan fingerprint density at radius 3 is 2.38 bits per heavy atom. The summed E-state index contributed by atoms with van der Waals surface area (Å²) in [5, 5.41) is 29.5. The Morgan fingerprint density at radius 1 is 1.19 bits per heavy atom. The Morgan fingerprint density at radius 2 is 1.84 bits per heavy atom. The molecule has 1 saturated heterocycles. The molecule has 2 aromatic carbocycles. The summed E-state index contributed by atoms with van der Waals surface area (Å²) in [6.45, 7) is 5.06. The molecule has 0 unspecified atom stereocenters. The molecule has 2 atom stereocenters. The van der Waals surface area contributed by atoms with Crippen molar-refractivity contribution in [2.45, 2.75) is 29.4 Å². The highest BCUT2D eigenvalue weighted by Gasteiger charge is 2.51. The van der Waals surface area contributed by atoms with Crippen LogP contribution in [0.1, 0.15) is 11.1 Å². The maximum absolute atomic E-state index is 13.1. The molecule has 1 aliphatic heterocycles. The molecule has 172 valence electrons. The van der Waals surface area contributed by atoms with E-state index in [1.807, 2.05) is 0 Å². The molecule has 1 heterocycles. The minimum absolute atomic E-state index is 0.202. The van der Waals surface area contributed by atoms with E-state index in [9.17, 15) is 31.8 Å². The van der Waals surface area contributed by atoms with Gasteiger partial charge in [-0.3, -0.25) is 0 Å². The molecule has 12 heteroatoms. The predicted octanol–water partition coefficient (Wildman–Crippen LogP) is 1.92. The number of rotatable bonds is 6. The van der Waals surface area contributed by atoms with E-state index in [1.54, 1.807) is 12.1 Å². The van der Waals surface area contributed by atoms with Crippen molar-refractivity contribution in [1.82, 2.24) is 4.31 Å². The summed E-state index contributed by atoms with van der Waals surface area (Å²) in [6.07, 6.45) is -5.95. The van der Waals surface area contributed by atoms with E-state index in [0.717, 1.165) is 4.31 Å². The Balaban J connectivity index is 1.91. The number of hydrogen-bond acceptors (Lipinski definition) is 6. The Kier molecular flexibility index (Phi) is 6.50. The lowest BCUT2D eigenvalue weighted by molar-refractivity contribution is -0.137. The average Bonchev–Trinajstić information content (AvgIpc) is 3.10. The number of ether oxygens (including phenoxy) is 1. The van der Waals surface area contributed by atoms with E-state index >= 15 is 0 Å². The Hall–Kier alpha value is -2.69. The second kappa shape index (κ2) is 8.68. The summed E-state index contributed by atoms with van der Waals surface area (Å²) in [4.78, 5) is 2.28. The molecule has 8 nitrogen and oxygen atoms in total. The van der Waals surface area contributed by atoms with Crippen molar-refractivity contribution < 1.29 is 41.6 Å². The number of aliphatic hydroxyl groups is 3. The number of nitrogens with zero attached hydrogens (tertiary/aromatic N) is 2. The van der Waals surface area contributed by atoms with Crippen molar-refractivity contribution in [2.24, 2.45) is 0 Å². The standard InChI is InChI=1S/C20H19F3N2O6S/c1-24-16-8-14(20(21,22)23)4-7-17(16)32(29,30)25-9-18(19(28,11-25)12-27)31-15-5-2-13(10-26)3-6-15/h2-8,18,26-28H,9-12H2/t18-,19+/m0/s1. The van der Waals surface area contributed by atoms with Gasteiger partial charge in [-0.05, 0) is 23.8 Å². The summed E-state index contributed by atoms with van der Waals surface area (Å²) < 4.78 is 71.4. The summed E-state index contributed by atoms with van der Waals surface area (Å²) in [5.41, 5.74) is -3.27. The smallest absolute Gasteiger partial charge is 0.415 e.